The lowest BCUT2D eigenvalue weighted by Crippen LogP contribution is -2.53. The molecule has 0 aromatic heterocycles. The Morgan fingerprint density at radius 1 is 1.33 bits per heavy atom. The maximum atomic E-state index is 12.3. The van der Waals surface area contributed by atoms with Gasteiger partial charge in [0.2, 0.25) is 11.8 Å². The van der Waals surface area contributed by atoms with Gasteiger partial charge in [-0.1, -0.05) is 36.0 Å². The van der Waals surface area contributed by atoms with Crippen molar-refractivity contribution in [2.45, 2.75) is 38.1 Å². The van der Waals surface area contributed by atoms with E-state index in [1.165, 1.54) is 0 Å². The summed E-state index contributed by atoms with van der Waals surface area (Å²) in [7, 11) is 0. The third kappa shape index (κ3) is 5.52. The van der Waals surface area contributed by atoms with Crippen molar-refractivity contribution in [1.29, 1.82) is 0 Å². The number of carbonyl (C=O) groups is 2. The number of carbonyl (C=O) groups excluding carboxylic acids is 2. The minimum atomic E-state index is -0.519. The highest BCUT2D eigenvalue weighted by Crippen LogP contribution is 2.31. The van der Waals surface area contributed by atoms with Gasteiger partial charge in [0.15, 0.2) is 0 Å². The SMILES string of the molecule is CC1(N)CCCCC1C(=O)NCC(=O)Nc1cc(Cl)ccc1Cl.Cl. The predicted molar refractivity (Wildman–Crippen MR) is 99.9 cm³/mol. The van der Waals surface area contributed by atoms with Gasteiger partial charge in [-0.3, -0.25) is 9.59 Å². The van der Waals surface area contributed by atoms with Gasteiger partial charge in [0.25, 0.3) is 0 Å². The number of hydrogen-bond donors (Lipinski definition) is 3. The summed E-state index contributed by atoms with van der Waals surface area (Å²) in [5.74, 6) is -0.808. The Hall–Kier alpha value is -1.01. The van der Waals surface area contributed by atoms with Crippen LogP contribution < -0.4 is 16.4 Å². The average molecular weight is 395 g/mol. The fourth-order valence-corrected chi connectivity index (χ4v) is 3.20. The van der Waals surface area contributed by atoms with E-state index in [-0.39, 0.29) is 36.7 Å². The van der Waals surface area contributed by atoms with E-state index in [1.54, 1.807) is 18.2 Å². The Bertz CT molecular complexity index is 608. The van der Waals surface area contributed by atoms with Crippen LogP contribution in [0.1, 0.15) is 32.6 Å². The lowest BCUT2D eigenvalue weighted by molar-refractivity contribution is -0.130. The van der Waals surface area contributed by atoms with E-state index >= 15 is 0 Å². The molecule has 0 aliphatic heterocycles. The molecule has 2 atom stereocenters. The van der Waals surface area contributed by atoms with Gasteiger partial charge in [-0.05, 0) is 38.0 Å². The molecule has 0 spiro atoms. The van der Waals surface area contributed by atoms with Crippen LogP contribution in [-0.4, -0.2) is 23.9 Å². The van der Waals surface area contributed by atoms with Crippen LogP contribution in [-0.2, 0) is 9.59 Å². The van der Waals surface area contributed by atoms with Crippen molar-refractivity contribution in [2.24, 2.45) is 11.7 Å². The molecule has 1 aromatic carbocycles. The monoisotopic (exact) mass is 393 g/mol. The molecule has 1 aromatic rings. The molecule has 0 heterocycles. The van der Waals surface area contributed by atoms with Crippen LogP contribution in [0, 0.1) is 5.92 Å². The highest BCUT2D eigenvalue weighted by Gasteiger charge is 2.37. The van der Waals surface area contributed by atoms with Crippen molar-refractivity contribution >= 4 is 53.1 Å². The molecular weight excluding hydrogens is 373 g/mol. The van der Waals surface area contributed by atoms with E-state index < -0.39 is 5.54 Å². The zero-order chi connectivity index (χ0) is 17.0. The Labute approximate surface area is 158 Å². The van der Waals surface area contributed by atoms with Crippen molar-refractivity contribution < 1.29 is 9.59 Å². The Morgan fingerprint density at radius 2 is 2.04 bits per heavy atom. The first-order valence-electron chi connectivity index (χ1n) is 7.61. The van der Waals surface area contributed by atoms with Crippen LogP contribution in [0.4, 0.5) is 5.69 Å². The molecule has 2 amide bonds. The first-order chi connectivity index (χ1) is 10.8. The number of amides is 2. The van der Waals surface area contributed by atoms with E-state index in [2.05, 4.69) is 10.6 Å². The van der Waals surface area contributed by atoms with Gasteiger partial charge < -0.3 is 16.4 Å². The quantitative estimate of drug-likeness (QED) is 0.732. The summed E-state index contributed by atoms with van der Waals surface area (Å²) in [5.41, 5.74) is 6.09. The van der Waals surface area contributed by atoms with E-state index in [4.69, 9.17) is 28.9 Å². The molecule has 0 radical (unpaired) electrons. The number of benzene rings is 1. The minimum Gasteiger partial charge on any atom is -0.347 e. The molecule has 134 valence electrons. The normalized spacial score (nSPS) is 23.1. The van der Waals surface area contributed by atoms with Gasteiger partial charge in [-0.25, -0.2) is 0 Å². The highest BCUT2D eigenvalue weighted by molar-refractivity contribution is 6.35. The number of nitrogens with one attached hydrogen (secondary N) is 2. The summed E-state index contributed by atoms with van der Waals surface area (Å²) in [6.07, 6.45) is 3.58. The molecular formula is C16H22Cl3N3O2. The highest BCUT2D eigenvalue weighted by atomic mass is 35.5. The zero-order valence-corrected chi connectivity index (χ0v) is 15.7. The molecule has 4 N–H and O–H groups in total. The Kier molecular flexibility index (Phi) is 7.80. The summed E-state index contributed by atoms with van der Waals surface area (Å²) in [4.78, 5) is 24.2. The summed E-state index contributed by atoms with van der Waals surface area (Å²) in [6, 6.07) is 4.79. The maximum Gasteiger partial charge on any atom is 0.243 e. The summed E-state index contributed by atoms with van der Waals surface area (Å²) < 4.78 is 0. The maximum absolute atomic E-state index is 12.3. The second-order valence-electron chi connectivity index (χ2n) is 6.19. The number of hydrogen-bond acceptors (Lipinski definition) is 3. The van der Waals surface area contributed by atoms with Gasteiger partial charge in [-0.15, -0.1) is 12.4 Å². The van der Waals surface area contributed by atoms with Crippen molar-refractivity contribution in [3.05, 3.63) is 28.2 Å². The predicted octanol–water partition coefficient (Wildman–Crippen LogP) is 3.38. The van der Waals surface area contributed by atoms with Gasteiger partial charge in [0, 0.05) is 10.6 Å². The summed E-state index contributed by atoms with van der Waals surface area (Å²) in [6.45, 7) is 1.76. The van der Waals surface area contributed by atoms with Gasteiger partial charge in [0.1, 0.15) is 0 Å². The molecule has 24 heavy (non-hydrogen) atoms. The second-order valence-corrected chi connectivity index (χ2v) is 7.04. The molecule has 1 fully saturated rings. The number of nitrogens with two attached hydrogens (primary N) is 1. The third-order valence-corrected chi connectivity index (χ3v) is 4.76. The van der Waals surface area contributed by atoms with Gasteiger partial charge in [-0.2, -0.15) is 0 Å². The van der Waals surface area contributed by atoms with Crippen molar-refractivity contribution in [3.8, 4) is 0 Å². The van der Waals surface area contributed by atoms with Crippen LogP contribution in [0.15, 0.2) is 18.2 Å². The fraction of sp³-hybridized carbons (Fsp3) is 0.500. The Balaban J connectivity index is 0.00000288. The molecule has 1 saturated carbocycles. The lowest BCUT2D eigenvalue weighted by Gasteiger charge is -2.37. The fourth-order valence-electron chi connectivity index (χ4n) is 2.87. The average Bonchev–Trinajstić information content (AvgIpc) is 2.48. The largest absolute Gasteiger partial charge is 0.347 e. The van der Waals surface area contributed by atoms with Gasteiger partial charge in [0.05, 0.1) is 23.2 Å². The topological polar surface area (TPSA) is 84.2 Å². The molecule has 1 aliphatic rings. The molecule has 8 heteroatoms. The first-order valence-corrected chi connectivity index (χ1v) is 8.37. The molecule has 1 aliphatic carbocycles. The molecule has 0 bridgehead atoms. The standard InChI is InChI=1S/C16H21Cl2N3O2.ClH/c1-16(19)7-3-2-4-11(16)15(23)20-9-14(22)21-13-8-10(17)5-6-12(13)18;/h5-6,8,11H,2-4,7,9,19H2,1H3,(H,20,23)(H,21,22);1H. The van der Waals surface area contributed by atoms with Crippen LogP contribution in [0.3, 0.4) is 0 Å². The van der Waals surface area contributed by atoms with Crippen LogP contribution >= 0.6 is 35.6 Å². The van der Waals surface area contributed by atoms with Crippen LogP contribution in [0.2, 0.25) is 10.0 Å². The van der Waals surface area contributed by atoms with Crippen molar-refractivity contribution in [2.75, 3.05) is 11.9 Å². The second kappa shape index (κ2) is 8.90. The van der Waals surface area contributed by atoms with Gasteiger partial charge >= 0.3 is 0 Å². The lowest BCUT2D eigenvalue weighted by atomic mass is 9.74. The number of halogens is 3. The van der Waals surface area contributed by atoms with Crippen molar-refractivity contribution in [1.82, 2.24) is 5.32 Å². The molecule has 2 rings (SSSR count). The molecule has 0 saturated heterocycles. The van der Waals surface area contributed by atoms with E-state index in [1.807, 2.05) is 6.92 Å². The first kappa shape index (κ1) is 21.0. The smallest absolute Gasteiger partial charge is 0.243 e. The van der Waals surface area contributed by atoms with E-state index in [9.17, 15) is 9.59 Å². The molecule has 2 unspecified atom stereocenters. The zero-order valence-electron chi connectivity index (χ0n) is 13.4. The van der Waals surface area contributed by atoms with Crippen molar-refractivity contribution in [3.63, 3.8) is 0 Å². The number of anilines is 1. The number of rotatable bonds is 4. The summed E-state index contributed by atoms with van der Waals surface area (Å²) >= 11 is 11.9. The van der Waals surface area contributed by atoms with E-state index in [0.29, 0.717) is 15.7 Å². The summed E-state index contributed by atoms with van der Waals surface area (Å²) in [5, 5.41) is 6.14. The van der Waals surface area contributed by atoms with E-state index in [0.717, 1.165) is 25.7 Å². The Morgan fingerprint density at radius 3 is 2.71 bits per heavy atom. The molecule has 5 nitrogen and oxygen atoms in total. The minimum absolute atomic E-state index is 0. The van der Waals surface area contributed by atoms with Crippen LogP contribution in [0.25, 0.3) is 0 Å². The van der Waals surface area contributed by atoms with Crippen LogP contribution in [0.5, 0.6) is 0 Å². The third-order valence-electron chi connectivity index (χ3n) is 4.20.